The summed E-state index contributed by atoms with van der Waals surface area (Å²) in [5.41, 5.74) is 7.47. The van der Waals surface area contributed by atoms with E-state index < -0.39 is 0 Å². The van der Waals surface area contributed by atoms with Gasteiger partial charge in [0.15, 0.2) is 0 Å². The van der Waals surface area contributed by atoms with Crippen molar-refractivity contribution in [2.75, 3.05) is 11.1 Å². The molecular formula is C27H26FN3OS. The van der Waals surface area contributed by atoms with Crippen LogP contribution >= 0.6 is 11.8 Å². The van der Waals surface area contributed by atoms with Crippen LogP contribution in [0.4, 0.5) is 21.5 Å². The highest BCUT2D eigenvalue weighted by atomic mass is 32.2. The van der Waals surface area contributed by atoms with Gasteiger partial charge in [-0.3, -0.25) is 9.79 Å². The van der Waals surface area contributed by atoms with Gasteiger partial charge in [-0.05, 0) is 78.9 Å². The van der Waals surface area contributed by atoms with Crippen molar-refractivity contribution in [3.05, 3.63) is 88.7 Å². The summed E-state index contributed by atoms with van der Waals surface area (Å²) >= 11 is 1.41. The fourth-order valence-corrected chi connectivity index (χ4v) is 4.35. The second-order valence-electron chi connectivity index (χ2n) is 8.06. The van der Waals surface area contributed by atoms with Crippen molar-refractivity contribution in [2.24, 2.45) is 9.98 Å². The second-order valence-corrected chi connectivity index (χ2v) is 9.11. The molecule has 1 aliphatic heterocycles. The molecule has 1 N–H and O–H groups in total. The molecule has 0 bridgehead atoms. The van der Waals surface area contributed by atoms with E-state index in [9.17, 15) is 9.18 Å². The van der Waals surface area contributed by atoms with E-state index in [1.165, 1.54) is 29.5 Å². The zero-order valence-electron chi connectivity index (χ0n) is 19.0. The highest BCUT2D eigenvalue weighted by molar-refractivity contribution is 8.14. The number of thioether (sulfide) groups is 1. The number of anilines is 1. The topological polar surface area (TPSA) is 53.8 Å². The van der Waals surface area contributed by atoms with Crippen LogP contribution in [-0.2, 0) is 11.2 Å². The van der Waals surface area contributed by atoms with E-state index in [2.05, 4.69) is 12.2 Å². The number of aryl methyl sites for hydroxylation is 3. The van der Waals surface area contributed by atoms with E-state index in [0.717, 1.165) is 50.9 Å². The molecule has 4 rings (SSSR count). The van der Waals surface area contributed by atoms with Gasteiger partial charge in [0, 0.05) is 12.1 Å². The number of nitrogens with zero attached hydrogens (tertiary/aromatic N) is 2. The number of carbonyl (C=O) groups excluding carboxylic acids is 1. The van der Waals surface area contributed by atoms with Gasteiger partial charge in [0.1, 0.15) is 5.82 Å². The Morgan fingerprint density at radius 3 is 2.39 bits per heavy atom. The van der Waals surface area contributed by atoms with Crippen LogP contribution in [0.2, 0.25) is 0 Å². The summed E-state index contributed by atoms with van der Waals surface area (Å²) in [6, 6.07) is 18.3. The number of amides is 1. The van der Waals surface area contributed by atoms with E-state index >= 15 is 0 Å². The molecule has 1 amide bonds. The van der Waals surface area contributed by atoms with Gasteiger partial charge < -0.3 is 5.32 Å². The van der Waals surface area contributed by atoms with Gasteiger partial charge in [-0.2, -0.15) is 0 Å². The number of aliphatic imine (C=N–C) groups is 2. The van der Waals surface area contributed by atoms with E-state index in [1.54, 1.807) is 12.1 Å². The fourth-order valence-electron chi connectivity index (χ4n) is 3.57. The minimum atomic E-state index is -0.285. The van der Waals surface area contributed by atoms with Gasteiger partial charge >= 0.3 is 0 Å². The van der Waals surface area contributed by atoms with Crippen LogP contribution in [-0.4, -0.2) is 22.4 Å². The number of fused-ring (bicyclic) bond motifs is 1. The van der Waals surface area contributed by atoms with Crippen molar-refractivity contribution < 1.29 is 9.18 Å². The highest BCUT2D eigenvalue weighted by Gasteiger charge is 2.18. The van der Waals surface area contributed by atoms with E-state index in [1.807, 2.05) is 50.2 Å². The zero-order chi connectivity index (χ0) is 23.4. The smallest absolute Gasteiger partial charge is 0.234 e. The van der Waals surface area contributed by atoms with Crippen LogP contribution < -0.4 is 5.32 Å². The number of hydrogen-bond donors (Lipinski definition) is 1. The van der Waals surface area contributed by atoms with E-state index in [4.69, 9.17) is 9.98 Å². The van der Waals surface area contributed by atoms with Crippen molar-refractivity contribution in [1.29, 1.82) is 0 Å². The van der Waals surface area contributed by atoms with Gasteiger partial charge in [0.25, 0.3) is 0 Å². The van der Waals surface area contributed by atoms with Gasteiger partial charge in [0.2, 0.25) is 5.91 Å². The molecule has 1 heterocycles. The molecule has 168 valence electrons. The molecule has 3 aromatic rings. The summed E-state index contributed by atoms with van der Waals surface area (Å²) in [5.74, 6) is -0.126. The molecule has 0 saturated heterocycles. The lowest BCUT2D eigenvalue weighted by molar-refractivity contribution is -0.113. The Morgan fingerprint density at radius 2 is 1.70 bits per heavy atom. The predicted molar refractivity (Wildman–Crippen MR) is 137 cm³/mol. The van der Waals surface area contributed by atoms with Gasteiger partial charge in [-0.25, -0.2) is 9.38 Å². The minimum absolute atomic E-state index is 0.0826. The lowest BCUT2D eigenvalue weighted by atomic mass is 10.1. The zero-order valence-corrected chi connectivity index (χ0v) is 19.8. The summed E-state index contributed by atoms with van der Waals surface area (Å²) in [4.78, 5) is 22.3. The lowest BCUT2D eigenvalue weighted by Crippen LogP contribution is -2.16. The Labute approximate surface area is 198 Å². The Hall–Kier alpha value is -3.25. The van der Waals surface area contributed by atoms with Crippen LogP contribution in [0, 0.1) is 19.7 Å². The van der Waals surface area contributed by atoms with Gasteiger partial charge in [-0.15, -0.1) is 11.8 Å². The first-order valence-electron chi connectivity index (χ1n) is 10.9. The molecule has 0 saturated carbocycles. The summed E-state index contributed by atoms with van der Waals surface area (Å²) in [6.07, 6.45) is 1.39. The molecule has 4 nitrogen and oxygen atoms in total. The Balaban J connectivity index is 1.56. The van der Waals surface area contributed by atoms with E-state index in [-0.39, 0.29) is 17.5 Å². The van der Waals surface area contributed by atoms with Crippen LogP contribution in [0.1, 0.15) is 35.6 Å². The first kappa shape index (κ1) is 22.9. The highest BCUT2D eigenvalue weighted by Crippen LogP contribution is 2.36. The van der Waals surface area contributed by atoms with Crippen LogP contribution in [0.3, 0.4) is 0 Å². The Bertz CT molecular complexity index is 1250. The number of rotatable bonds is 5. The number of halogens is 1. The van der Waals surface area contributed by atoms with Gasteiger partial charge in [-0.1, -0.05) is 31.2 Å². The van der Waals surface area contributed by atoms with Crippen molar-refractivity contribution >= 4 is 45.5 Å². The average molecular weight is 460 g/mol. The first-order chi connectivity index (χ1) is 15.9. The third-order valence-electron chi connectivity index (χ3n) is 5.58. The molecule has 1 aliphatic rings. The largest absolute Gasteiger partial charge is 0.325 e. The third-order valence-corrected chi connectivity index (χ3v) is 6.55. The first-order valence-corrected chi connectivity index (χ1v) is 11.9. The number of nitrogens with one attached hydrogen (secondary N) is 1. The third kappa shape index (κ3) is 5.76. The molecular weight excluding hydrogens is 433 g/mol. The van der Waals surface area contributed by atoms with Crippen molar-refractivity contribution in [3.63, 3.8) is 0 Å². The Morgan fingerprint density at radius 1 is 1.00 bits per heavy atom. The molecule has 0 fully saturated rings. The molecule has 0 unspecified atom stereocenters. The van der Waals surface area contributed by atoms with Crippen LogP contribution in [0.5, 0.6) is 0 Å². The Kier molecular flexibility index (Phi) is 7.04. The summed E-state index contributed by atoms with van der Waals surface area (Å²) in [7, 11) is 0. The van der Waals surface area contributed by atoms with Crippen molar-refractivity contribution in [2.45, 2.75) is 33.6 Å². The maximum absolute atomic E-state index is 13.5. The molecule has 33 heavy (non-hydrogen) atoms. The summed E-state index contributed by atoms with van der Waals surface area (Å²) < 4.78 is 13.5. The number of hydrogen-bond acceptors (Lipinski definition) is 4. The molecule has 6 heteroatoms. The number of benzene rings is 3. The van der Waals surface area contributed by atoms with Crippen molar-refractivity contribution in [3.8, 4) is 0 Å². The quantitative estimate of drug-likeness (QED) is 0.450. The molecule has 0 aromatic heterocycles. The van der Waals surface area contributed by atoms with E-state index in [0.29, 0.717) is 6.42 Å². The normalized spacial score (nSPS) is 13.0. The molecule has 3 aromatic carbocycles. The van der Waals surface area contributed by atoms with Gasteiger partial charge in [0.05, 0.1) is 27.9 Å². The standard InChI is InChI=1S/C27H26FN3OS/c1-4-19-6-5-7-22(14-19)29-26(32)16-33-27-15-23(20-8-10-21(28)11-9-20)30-24-12-17(2)18(3)13-25(24)31-27/h5-14H,4,15-16H2,1-3H3,(H,29,32). The second kappa shape index (κ2) is 10.1. The monoisotopic (exact) mass is 459 g/mol. The molecule has 0 spiro atoms. The molecule has 0 radical (unpaired) electrons. The van der Waals surface area contributed by atoms with Crippen LogP contribution in [0.25, 0.3) is 0 Å². The summed E-state index contributed by atoms with van der Waals surface area (Å²) in [6.45, 7) is 6.18. The summed E-state index contributed by atoms with van der Waals surface area (Å²) in [5, 5.41) is 3.77. The average Bonchev–Trinajstić information content (AvgIpc) is 2.97. The fraction of sp³-hybridized carbons (Fsp3) is 0.222. The number of carbonyl (C=O) groups is 1. The van der Waals surface area contributed by atoms with Crippen molar-refractivity contribution in [1.82, 2.24) is 0 Å². The maximum atomic E-state index is 13.5. The predicted octanol–water partition coefficient (Wildman–Crippen LogP) is 6.93. The molecule has 0 atom stereocenters. The maximum Gasteiger partial charge on any atom is 0.234 e. The SMILES string of the molecule is CCc1cccc(NC(=O)CSC2=Nc3cc(C)c(C)cc3N=C(c3ccc(F)cc3)C2)c1. The minimum Gasteiger partial charge on any atom is -0.325 e. The lowest BCUT2D eigenvalue weighted by Gasteiger charge is -2.09. The molecule has 0 aliphatic carbocycles. The van der Waals surface area contributed by atoms with Crippen LogP contribution in [0.15, 0.2) is 70.6 Å².